The third-order valence-corrected chi connectivity index (χ3v) is 2.40. The molecule has 0 fully saturated rings. The van der Waals surface area contributed by atoms with Crippen LogP contribution < -0.4 is 15.8 Å². The molecule has 1 amide bonds. The molecule has 3 N–H and O–H groups in total. The summed E-state index contributed by atoms with van der Waals surface area (Å²) in [5, 5.41) is 2.65. The number of amides is 1. The van der Waals surface area contributed by atoms with Crippen LogP contribution in [0.4, 0.5) is 4.79 Å². The Morgan fingerprint density at radius 3 is 2.58 bits per heavy atom. The first kappa shape index (κ1) is 15.3. The molecule has 1 atom stereocenters. The van der Waals surface area contributed by atoms with Crippen molar-refractivity contribution in [3.8, 4) is 5.75 Å². The van der Waals surface area contributed by atoms with Gasteiger partial charge in [0.25, 0.3) is 0 Å². The van der Waals surface area contributed by atoms with Crippen LogP contribution in [-0.2, 0) is 4.74 Å². The molecule has 0 radical (unpaired) electrons. The number of nitrogens with two attached hydrogens (primary N) is 1. The second-order valence-corrected chi connectivity index (χ2v) is 5.23. The fourth-order valence-electron chi connectivity index (χ4n) is 1.59. The Balaban J connectivity index is 2.56. The van der Waals surface area contributed by atoms with Crippen molar-refractivity contribution in [3.05, 3.63) is 29.8 Å². The van der Waals surface area contributed by atoms with Gasteiger partial charge in [-0.05, 0) is 26.8 Å². The van der Waals surface area contributed by atoms with Gasteiger partial charge in [-0.15, -0.1) is 0 Å². The summed E-state index contributed by atoms with van der Waals surface area (Å²) in [6.45, 7) is 5.72. The fourth-order valence-corrected chi connectivity index (χ4v) is 1.59. The molecule has 5 heteroatoms. The van der Waals surface area contributed by atoms with Gasteiger partial charge < -0.3 is 20.5 Å². The van der Waals surface area contributed by atoms with E-state index in [9.17, 15) is 4.79 Å². The first-order valence-corrected chi connectivity index (χ1v) is 6.19. The van der Waals surface area contributed by atoms with Gasteiger partial charge in [-0.1, -0.05) is 18.2 Å². The minimum Gasteiger partial charge on any atom is -0.496 e. The third kappa shape index (κ3) is 5.18. The number of hydrogen-bond acceptors (Lipinski definition) is 4. The number of hydrogen-bond donors (Lipinski definition) is 2. The average molecular weight is 266 g/mol. The van der Waals surface area contributed by atoms with Crippen molar-refractivity contribution in [2.24, 2.45) is 5.73 Å². The van der Waals surface area contributed by atoms with Gasteiger partial charge in [-0.3, -0.25) is 0 Å². The minimum atomic E-state index is -0.515. The van der Waals surface area contributed by atoms with E-state index >= 15 is 0 Å². The highest BCUT2D eigenvalue weighted by atomic mass is 16.6. The van der Waals surface area contributed by atoms with Crippen LogP contribution >= 0.6 is 0 Å². The summed E-state index contributed by atoms with van der Waals surface area (Å²) in [5.41, 5.74) is 6.37. The summed E-state index contributed by atoms with van der Waals surface area (Å²) in [6, 6.07) is 7.12. The van der Waals surface area contributed by atoms with Crippen LogP contribution in [0, 0.1) is 0 Å². The SMILES string of the molecule is COc1ccccc1[C@H](N)CNC(=O)OC(C)(C)C. The molecular formula is C14H22N2O3. The molecule has 0 bridgehead atoms. The van der Waals surface area contributed by atoms with Crippen molar-refractivity contribution in [2.75, 3.05) is 13.7 Å². The van der Waals surface area contributed by atoms with E-state index in [0.29, 0.717) is 5.75 Å². The molecule has 1 rings (SSSR count). The van der Waals surface area contributed by atoms with E-state index < -0.39 is 11.7 Å². The molecule has 5 nitrogen and oxygen atoms in total. The first-order valence-electron chi connectivity index (χ1n) is 6.19. The Kier molecular flexibility index (Phi) is 5.18. The highest BCUT2D eigenvalue weighted by Crippen LogP contribution is 2.22. The quantitative estimate of drug-likeness (QED) is 0.876. The van der Waals surface area contributed by atoms with Gasteiger partial charge in [0.15, 0.2) is 0 Å². The molecule has 0 spiro atoms. The summed E-state index contributed by atoms with van der Waals surface area (Å²) in [4.78, 5) is 11.5. The lowest BCUT2D eigenvalue weighted by atomic mass is 10.1. The molecule has 106 valence electrons. The number of ether oxygens (including phenoxy) is 2. The van der Waals surface area contributed by atoms with Crippen molar-refractivity contribution in [2.45, 2.75) is 32.4 Å². The van der Waals surface area contributed by atoms with E-state index in [-0.39, 0.29) is 12.6 Å². The van der Waals surface area contributed by atoms with E-state index in [1.54, 1.807) is 7.11 Å². The number of nitrogens with one attached hydrogen (secondary N) is 1. The lowest BCUT2D eigenvalue weighted by molar-refractivity contribution is 0.0524. The predicted octanol–water partition coefficient (Wildman–Crippen LogP) is 2.22. The molecule has 0 aliphatic heterocycles. The Hall–Kier alpha value is -1.75. The standard InChI is InChI=1S/C14H22N2O3/c1-14(2,3)19-13(17)16-9-11(15)10-7-5-6-8-12(10)18-4/h5-8,11H,9,15H2,1-4H3,(H,16,17)/t11-/m1/s1. The fraction of sp³-hybridized carbons (Fsp3) is 0.500. The number of carbonyl (C=O) groups is 1. The number of rotatable bonds is 4. The number of methoxy groups -OCH3 is 1. The van der Waals surface area contributed by atoms with Crippen LogP contribution in [0.3, 0.4) is 0 Å². The normalized spacial score (nSPS) is 12.7. The average Bonchev–Trinajstić information content (AvgIpc) is 2.33. The maximum absolute atomic E-state index is 11.5. The van der Waals surface area contributed by atoms with Crippen LogP contribution in [0.5, 0.6) is 5.75 Å². The molecule has 0 saturated carbocycles. The summed E-state index contributed by atoms with van der Waals surface area (Å²) in [6.07, 6.45) is -0.474. The predicted molar refractivity (Wildman–Crippen MR) is 74.2 cm³/mol. The monoisotopic (exact) mass is 266 g/mol. The molecular weight excluding hydrogens is 244 g/mol. The molecule has 19 heavy (non-hydrogen) atoms. The maximum atomic E-state index is 11.5. The van der Waals surface area contributed by atoms with Gasteiger partial charge in [-0.25, -0.2) is 4.79 Å². The van der Waals surface area contributed by atoms with Crippen LogP contribution in [0.1, 0.15) is 32.4 Å². The van der Waals surface area contributed by atoms with E-state index in [2.05, 4.69) is 5.32 Å². The van der Waals surface area contributed by atoms with E-state index in [1.165, 1.54) is 0 Å². The smallest absolute Gasteiger partial charge is 0.407 e. The van der Waals surface area contributed by atoms with Crippen LogP contribution in [0.25, 0.3) is 0 Å². The van der Waals surface area contributed by atoms with Crippen molar-refractivity contribution < 1.29 is 14.3 Å². The highest BCUT2D eigenvalue weighted by molar-refractivity contribution is 5.67. The van der Waals surface area contributed by atoms with Crippen LogP contribution in [0.2, 0.25) is 0 Å². The molecule has 1 aromatic rings. The van der Waals surface area contributed by atoms with Crippen molar-refractivity contribution >= 4 is 6.09 Å². The molecule has 0 unspecified atom stereocenters. The largest absolute Gasteiger partial charge is 0.496 e. The van der Waals surface area contributed by atoms with Gasteiger partial charge in [0.1, 0.15) is 11.4 Å². The second-order valence-electron chi connectivity index (χ2n) is 5.23. The van der Waals surface area contributed by atoms with Crippen molar-refractivity contribution in [3.63, 3.8) is 0 Å². The zero-order valence-corrected chi connectivity index (χ0v) is 11.9. The minimum absolute atomic E-state index is 0.287. The molecule has 0 aromatic heterocycles. The van der Waals surface area contributed by atoms with Crippen molar-refractivity contribution in [1.29, 1.82) is 0 Å². The number of para-hydroxylation sites is 1. The van der Waals surface area contributed by atoms with E-state index in [4.69, 9.17) is 15.2 Å². The maximum Gasteiger partial charge on any atom is 0.407 e. The first-order chi connectivity index (χ1) is 8.83. The number of alkyl carbamates (subject to hydrolysis) is 1. The van der Waals surface area contributed by atoms with Gasteiger partial charge in [-0.2, -0.15) is 0 Å². The highest BCUT2D eigenvalue weighted by Gasteiger charge is 2.17. The molecule has 0 aliphatic rings. The number of carbonyl (C=O) groups excluding carboxylic acids is 1. The zero-order chi connectivity index (χ0) is 14.5. The van der Waals surface area contributed by atoms with Crippen molar-refractivity contribution in [1.82, 2.24) is 5.32 Å². The van der Waals surface area contributed by atoms with Gasteiger partial charge in [0.2, 0.25) is 0 Å². The number of benzene rings is 1. The van der Waals surface area contributed by atoms with Gasteiger partial charge in [0, 0.05) is 12.1 Å². The summed E-state index contributed by atoms with van der Waals surface area (Å²) in [7, 11) is 1.59. The topological polar surface area (TPSA) is 73.6 Å². The Labute approximate surface area is 114 Å². The van der Waals surface area contributed by atoms with Crippen LogP contribution in [0.15, 0.2) is 24.3 Å². The Bertz CT molecular complexity index is 427. The summed E-state index contributed by atoms with van der Waals surface area (Å²) >= 11 is 0. The van der Waals surface area contributed by atoms with E-state index in [1.807, 2.05) is 45.0 Å². The van der Waals surface area contributed by atoms with E-state index in [0.717, 1.165) is 5.56 Å². The Morgan fingerprint density at radius 1 is 1.37 bits per heavy atom. The van der Waals surface area contributed by atoms with Gasteiger partial charge in [0.05, 0.1) is 13.2 Å². The second kappa shape index (κ2) is 6.43. The van der Waals surface area contributed by atoms with Crippen LogP contribution in [-0.4, -0.2) is 25.3 Å². The summed E-state index contributed by atoms with van der Waals surface area (Å²) < 4.78 is 10.4. The molecule has 1 aromatic carbocycles. The lowest BCUT2D eigenvalue weighted by Crippen LogP contribution is -2.36. The molecule has 0 heterocycles. The lowest BCUT2D eigenvalue weighted by Gasteiger charge is -2.21. The van der Waals surface area contributed by atoms with Gasteiger partial charge >= 0.3 is 6.09 Å². The Morgan fingerprint density at radius 2 is 2.00 bits per heavy atom. The summed E-state index contributed by atoms with van der Waals surface area (Å²) in [5.74, 6) is 0.709. The zero-order valence-electron chi connectivity index (χ0n) is 11.9. The third-order valence-electron chi connectivity index (χ3n) is 2.40. The molecule has 0 saturated heterocycles. The molecule has 0 aliphatic carbocycles.